The van der Waals surface area contributed by atoms with E-state index in [2.05, 4.69) is 20.8 Å². The number of carbonyl (C=O) groups is 2. The average molecular weight is 374 g/mol. The molecule has 0 aliphatic rings. The van der Waals surface area contributed by atoms with Crippen molar-refractivity contribution in [1.82, 2.24) is 20.4 Å². The van der Waals surface area contributed by atoms with Gasteiger partial charge < -0.3 is 10.2 Å². The molecular weight excluding hydrogens is 346 g/mol. The van der Waals surface area contributed by atoms with Crippen LogP contribution in [0, 0.1) is 0 Å². The third-order valence-electron chi connectivity index (χ3n) is 2.84. The van der Waals surface area contributed by atoms with Crippen molar-refractivity contribution in [3.63, 3.8) is 0 Å². The zero-order valence-corrected chi connectivity index (χ0v) is 17.0. The Balaban J connectivity index is 2.55. The van der Waals surface area contributed by atoms with Crippen LogP contribution in [0.15, 0.2) is 4.34 Å². The lowest BCUT2D eigenvalue weighted by atomic mass is 10.1. The van der Waals surface area contributed by atoms with Gasteiger partial charge in [0.15, 0.2) is 4.34 Å². The highest BCUT2D eigenvalue weighted by Gasteiger charge is 2.21. The van der Waals surface area contributed by atoms with Crippen molar-refractivity contribution in [2.24, 2.45) is 0 Å². The lowest BCUT2D eigenvalue weighted by Gasteiger charge is -2.30. The molecule has 1 aromatic heterocycles. The summed E-state index contributed by atoms with van der Waals surface area (Å²) in [7, 11) is 0. The lowest BCUT2D eigenvalue weighted by molar-refractivity contribution is -0.131. The van der Waals surface area contributed by atoms with Gasteiger partial charge >= 0.3 is 6.03 Å². The molecule has 24 heavy (non-hydrogen) atoms. The first-order valence-electron chi connectivity index (χ1n) is 7.86. The third kappa shape index (κ3) is 7.04. The predicted molar refractivity (Wildman–Crippen MR) is 99.7 cm³/mol. The first kappa shape index (κ1) is 20.7. The van der Waals surface area contributed by atoms with Crippen LogP contribution in [0.25, 0.3) is 0 Å². The van der Waals surface area contributed by atoms with Crippen LogP contribution >= 0.6 is 23.1 Å². The number of nitrogens with one attached hydrogen (secondary N) is 2. The summed E-state index contributed by atoms with van der Waals surface area (Å²) >= 11 is 2.59. The van der Waals surface area contributed by atoms with Crippen LogP contribution in [0.1, 0.15) is 48.5 Å². The van der Waals surface area contributed by atoms with Gasteiger partial charge in [0.2, 0.25) is 11.0 Å². The molecule has 0 radical (unpaired) electrons. The number of hydrogen-bond acceptors (Lipinski definition) is 6. The Morgan fingerprint density at radius 2 is 1.75 bits per heavy atom. The van der Waals surface area contributed by atoms with E-state index < -0.39 is 0 Å². The first-order valence-corrected chi connectivity index (χ1v) is 9.66. The molecule has 1 heterocycles. The molecule has 0 aromatic carbocycles. The van der Waals surface area contributed by atoms with E-state index in [4.69, 9.17) is 0 Å². The minimum Gasteiger partial charge on any atom is -0.337 e. The summed E-state index contributed by atoms with van der Waals surface area (Å²) in [6, 6.07) is -0.00579. The Morgan fingerprint density at radius 1 is 1.17 bits per heavy atom. The predicted octanol–water partition coefficient (Wildman–Crippen LogP) is 3.20. The molecule has 0 fully saturated rings. The van der Waals surface area contributed by atoms with Gasteiger partial charge in [-0.2, -0.15) is 0 Å². The number of thioether (sulfide) groups is 1. The fourth-order valence-corrected chi connectivity index (χ4v) is 3.77. The third-order valence-corrected chi connectivity index (χ3v) is 4.79. The summed E-state index contributed by atoms with van der Waals surface area (Å²) in [5.74, 6) is 0.374. The van der Waals surface area contributed by atoms with Crippen molar-refractivity contribution in [1.29, 1.82) is 0 Å². The number of rotatable bonds is 6. The SMILES string of the molecule is CC(C)N(C(=O)CSc1nnc(NC(=O)NC(C)(C)C)s1)C(C)C. The molecule has 0 unspecified atom stereocenters. The van der Waals surface area contributed by atoms with E-state index >= 15 is 0 Å². The maximum atomic E-state index is 12.3. The molecule has 9 heteroatoms. The minimum absolute atomic E-state index is 0.0696. The number of hydrogen-bond donors (Lipinski definition) is 2. The summed E-state index contributed by atoms with van der Waals surface area (Å²) in [5.41, 5.74) is -0.323. The van der Waals surface area contributed by atoms with Gasteiger partial charge in [0, 0.05) is 17.6 Å². The molecule has 7 nitrogen and oxygen atoms in total. The van der Waals surface area contributed by atoms with E-state index in [1.807, 2.05) is 53.4 Å². The number of urea groups is 1. The number of anilines is 1. The topological polar surface area (TPSA) is 87.2 Å². The van der Waals surface area contributed by atoms with Crippen LogP contribution in [-0.2, 0) is 4.79 Å². The Bertz CT molecular complexity index is 558. The Hall–Kier alpha value is -1.35. The molecule has 136 valence electrons. The monoisotopic (exact) mass is 373 g/mol. The second kappa shape index (κ2) is 8.66. The van der Waals surface area contributed by atoms with E-state index in [1.165, 1.54) is 23.1 Å². The first-order chi connectivity index (χ1) is 11.0. The zero-order chi connectivity index (χ0) is 18.5. The molecule has 1 rings (SSSR count). The summed E-state index contributed by atoms with van der Waals surface area (Å²) in [6.07, 6.45) is 0. The molecular formula is C15H27N5O2S2. The number of amides is 3. The lowest BCUT2D eigenvalue weighted by Crippen LogP contribution is -2.43. The summed E-state index contributed by atoms with van der Waals surface area (Å²) in [4.78, 5) is 26.0. The fourth-order valence-electron chi connectivity index (χ4n) is 2.16. The Morgan fingerprint density at radius 3 is 2.25 bits per heavy atom. The van der Waals surface area contributed by atoms with Gasteiger partial charge in [-0.25, -0.2) is 4.79 Å². The van der Waals surface area contributed by atoms with Gasteiger partial charge in [-0.3, -0.25) is 10.1 Å². The summed E-state index contributed by atoms with van der Waals surface area (Å²) < 4.78 is 0.655. The van der Waals surface area contributed by atoms with Crippen molar-refractivity contribution in [2.75, 3.05) is 11.1 Å². The quantitative estimate of drug-likeness (QED) is 0.591. The van der Waals surface area contributed by atoms with Gasteiger partial charge in [-0.1, -0.05) is 23.1 Å². The van der Waals surface area contributed by atoms with E-state index in [9.17, 15) is 9.59 Å². The number of carbonyl (C=O) groups excluding carboxylic acids is 2. The highest BCUT2D eigenvalue weighted by Crippen LogP contribution is 2.26. The van der Waals surface area contributed by atoms with Gasteiger partial charge in [-0.15, -0.1) is 10.2 Å². The minimum atomic E-state index is -0.323. The smallest absolute Gasteiger partial charge is 0.321 e. The van der Waals surface area contributed by atoms with E-state index in [0.717, 1.165) is 0 Å². The van der Waals surface area contributed by atoms with Crippen LogP contribution in [0.5, 0.6) is 0 Å². The molecule has 3 amide bonds. The largest absolute Gasteiger partial charge is 0.337 e. The standard InChI is InChI=1S/C15H27N5O2S2/c1-9(2)20(10(3)4)11(21)8-23-14-19-18-13(24-14)16-12(22)17-15(5,6)7/h9-10H,8H2,1-7H3,(H2,16,17,18,22). The van der Waals surface area contributed by atoms with Gasteiger partial charge in [0.05, 0.1) is 5.75 Å². The Kier molecular flexibility index (Phi) is 7.47. The van der Waals surface area contributed by atoms with Crippen LogP contribution < -0.4 is 10.6 Å². The Labute approximate surface area is 152 Å². The number of nitrogens with zero attached hydrogens (tertiary/aromatic N) is 3. The summed E-state index contributed by atoms with van der Waals surface area (Å²) in [5, 5.41) is 13.8. The van der Waals surface area contributed by atoms with Gasteiger partial charge in [0.25, 0.3) is 0 Å². The molecule has 0 atom stereocenters. The zero-order valence-electron chi connectivity index (χ0n) is 15.3. The van der Waals surface area contributed by atoms with Crippen LogP contribution in [0.3, 0.4) is 0 Å². The second-order valence-corrected chi connectivity index (χ2v) is 9.18. The normalized spacial score (nSPS) is 11.7. The average Bonchev–Trinajstić information content (AvgIpc) is 2.80. The van der Waals surface area contributed by atoms with Crippen LogP contribution in [0.2, 0.25) is 0 Å². The molecule has 1 aromatic rings. The molecule has 2 N–H and O–H groups in total. The van der Waals surface area contributed by atoms with Crippen molar-refractivity contribution >= 4 is 40.2 Å². The fraction of sp³-hybridized carbons (Fsp3) is 0.733. The highest BCUT2D eigenvalue weighted by atomic mass is 32.2. The maximum Gasteiger partial charge on any atom is 0.321 e. The second-order valence-electron chi connectivity index (χ2n) is 6.98. The van der Waals surface area contributed by atoms with E-state index in [1.54, 1.807) is 0 Å². The van der Waals surface area contributed by atoms with Crippen molar-refractivity contribution < 1.29 is 9.59 Å². The van der Waals surface area contributed by atoms with E-state index in [0.29, 0.717) is 15.2 Å². The van der Waals surface area contributed by atoms with E-state index in [-0.39, 0.29) is 29.6 Å². The van der Waals surface area contributed by atoms with Crippen molar-refractivity contribution in [3.8, 4) is 0 Å². The summed E-state index contributed by atoms with van der Waals surface area (Å²) in [6.45, 7) is 13.7. The highest BCUT2D eigenvalue weighted by molar-refractivity contribution is 8.01. The van der Waals surface area contributed by atoms with Crippen LogP contribution in [0.4, 0.5) is 9.93 Å². The molecule has 0 bridgehead atoms. The maximum absolute atomic E-state index is 12.3. The molecule has 0 aliphatic heterocycles. The molecule has 0 spiro atoms. The molecule has 0 aliphatic carbocycles. The molecule has 0 saturated heterocycles. The number of aromatic nitrogens is 2. The van der Waals surface area contributed by atoms with Crippen molar-refractivity contribution in [2.45, 2.75) is 70.4 Å². The molecule has 0 saturated carbocycles. The van der Waals surface area contributed by atoms with Gasteiger partial charge in [0.1, 0.15) is 0 Å². The van der Waals surface area contributed by atoms with Crippen molar-refractivity contribution in [3.05, 3.63) is 0 Å². The van der Waals surface area contributed by atoms with Gasteiger partial charge in [-0.05, 0) is 48.5 Å². The van der Waals surface area contributed by atoms with Crippen LogP contribution in [-0.4, -0.2) is 50.4 Å².